The molecule has 0 amide bonds. The van der Waals surface area contributed by atoms with Gasteiger partial charge in [-0.15, -0.1) is 0 Å². The second kappa shape index (κ2) is 4.55. The molecule has 0 heterocycles. The van der Waals surface area contributed by atoms with E-state index in [9.17, 15) is 0 Å². The Morgan fingerprint density at radius 2 is 1.80 bits per heavy atom. The Kier molecular flexibility index (Phi) is 4.00. The van der Waals surface area contributed by atoms with Gasteiger partial charge in [-0.3, -0.25) is 0 Å². The van der Waals surface area contributed by atoms with Gasteiger partial charge in [0.1, 0.15) is 0 Å². The van der Waals surface area contributed by atoms with Crippen LogP contribution in [0, 0.1) is 3.57 Å². The molecule has 0 saturated heterocycles. The van der Waals surface area contributed by atoms with E-state index < -0.39 is 8.32 Å². The van der Waals surface area contributed by atoms with E-state index in [2.05, 4.69) is 80.3 Å². The minimum atomic E-state index is -1.50. The zero-order chi connectivity index (χ0) is 11.7. The van der Waals surface area contributed by atoms with Gasteiger partial charge in [0.25, 0.3) is 0 Å². The molecule has 1 aromatic rings. The summed E-state index contributed by atoms with van der Waals surface area (Å²) >= 11 is 2.34. The maximum atomic E-state index is 6.20. The third kappa shape index (κ3) is 4.24. The zero-order valence-corrected chi connectivity index (χ0v) is 13.3. The molecule has 1 aromatic carbocycles. The predicted octanol–water partition coefficient (Wildman–Crippen LogP) is 4.38. The van der Waals surface area contributed by atoms with E-state index in [0.717, 1.165) is 0 Å². The Morgan fingerprint density at radius 3 is 2.27 bits per heavy atom. The first-order valence-corrected chi connectivity index (χ1v) is 9.66. The number of hydrogen-bond acceptors (Lipinski definition) is 1. The van der Waals surface area contributed by atoms with E-state index in [1.54, 1.807) is 0 Å². The van der Waals surface area contributed by atoms with Crippen molar-refractivity contribution >= 4 is 30.9 Å². The van der Waals surface area contributed by atoms with Crippen molar-refractivity contribution in [3.63, 3.8) is 0 Å². The molecule has 84 valence electrons. The molecule has 1 rings (SSSR count). The van der Waals surface area contributed by atoms with Crippen LogP contribution in [-0.2, 0) is 10.0 Å². The van der Waals surface area contributed by atoms with E-state index in [1.165, 1.54) is 9.13 Å². The lowest BCUT2D eigenvalue weighted by Crippen LogP contribution is -2.36. The lowest BCUT2D eigenvalue weighted by Gasteiger charge is -2.33. The first kappa shape index (κ1) is 13.2. The van der Waals surface area contributed by atoms with Crippen LogP contribution in [0.15, 0.2) is 24.3 Å². The molecule has 0 fully saturated rings. The number of halogens is 1. The minimum absolute atomic E-state index is 0.175. The van der Waals surface area contributed by atoms with Crippen molar-refractivity contribution < 1.29 is 4.43 Å². The van der Waals surface area contributed by atoms with Gasteiger partial charge in [-0.2, -0.15) is 0 Å². The van der Waals surface area contributed by atoms with Crippen molar-refractivity contribution in [2.75, 3.05) is 0 Å². The van der Waals surface area contributed by atoms with Crippen LogP contribution >= 0.6 is 22.6 Å². The normalized spacial score (nSPS) is 12.9. The Hall–Kier alpha value is 0.127. The first-order chi connectivity index (χ1) is 6.71. The largest absolute Gasteiger partial charge is 0.409 e. The molecule has 0 aliphatic rings. The molecule has 0 N–H and O–H groups in total. The second-order valence-corrected chi connectivity index (χ2v) is 10.9. The summed E-state index contributed by atoms with van der Waals surface area (Å²) in [5, 5.41) is 0. The summed E-state index contributed by atoms with van der Waals surface area (Å²) in [6.07, 6.45) is 0. The van der Waals surface area contributed by atoms with Gasteiger partial charge in [-0.05, 0) is 73.8 Å². The van der Waals surface area contributed by atoms with Gasteiger partial charge in [-0.25, -0.2) is 0 Å². The molecule has 0 unspecified atom stereocenters. The van der Waals surface area contributed by atoms with Crippen LogP contribution in [0.2, 0.25) is 19.6 Å². The fourth-order valence-electron chi connectivity index (χ4n) is 1.69. The van der Waals surface area contributed by atoms with E-state index in [0.29, 0.717) is 0 Å². The molecule has 0 radical (unpaired) electrons. The van der Waals surface area contributed by atoms with Gasteiger partial charge < -0.3 is 4.43 Å². The molecule has 0 atom stereocenters. The highest BCUT2D eigenvalue weighted by molar-refractivity contribution is 14.1. The molecule has 15 heavy (non-hydrogen) atoms. The van der Waals surface area contributed by atoms with Crippen molar-refractivity contribution in [2.45, 2.75) is 39.1 Å². The van der Waals surface area contributed by atoms with Crippen molar-refractivity contribution in [1.82, 2.24) is 0 Å². The highest BCUT2D eigenvalue weighted by Crippen LogP contribution is 2.29. The van der Waals surface area contributed by atoms with Crippen molar-refractivity contribution in [3.8, 4) is 0 Å². The molecule has 0 saturated carbocycles. The van der Waals surface area contributed by atoms with Crippen molar-refractivity contribution in [3.05, 3.63) is 33.4 Å². The van der Waals surface area contributed by atoms with Gasteiger partial charge in [0.15, 0.2) is 8.32 Å². The van der Waals surface area contributed by atoms with E-state index >= 15 is 0 Å². The van der Waals surface area contributed by atoms with Crippen LogP contribution in [0.4, 0.5) is 0 Å². The summed E-state index contributed by atoms with van der Waals surface area (Å²) in [7, 11) is -1.50. The summed E-state index contributed by atoms with van der Waals surface area (Å²) in [4.78, 5) is 0. The SMILES string of the molecule is CC(C)(O[Si](C)(C)C)c1cccc(I)c1. The van der Waals surface area contributed by atoms with E-state index in [4.69, 9.17) is 4.43 Å². The van der Waals surface area contributed by atoms with Crippen LogP contribution < -0.4 is 0 Å². The molecule has 0 aromatic heterocycles. The maximum Gasteiger partial charge on any atom is 0.184 e. The Morgan fingerprint density at radius 1 is 1.20 bits per heavy atom. The van der Waals surface area contributed by atoms with Crippen LogP contribution in [0.3, 0.4) is 0 Å². The van der Waals surface area contributed by atoms with Gasteiger partial charge in [0.2, 0.25) is 0 Å². The van der Waals surface area contributed by atoms with Crippen LogP contribution in [0.1, 0.15) is 19.4 Å². The van der Waals surface area contributed by atoms with Gasteiger partial charge in [0, 0.05) is 3.57 Å². The Bertz CT molecular complexity index is 342. The van der Waals surface area contributed by atoms with Crippen LogP contribution in [0.25, 0.3) is 0 Å². The smallest absolute Gasteiger partial charge is 0.184 e. The van der Waals surface area contributed by atoms with E-state index in [-0.39, 0.29) is 5.60 Å². The first-order valence-electron chi connectivity index (χ1n) is 5.17. The third-order valence-electron chi connectivity index (χ3n) is 2.08. The average Bonchev–Trinajstić information content (AvgIpc) is 1.99. The molecule has 0 aliphatic carbocycles. The van der Waals surface area contributed by atoms with Crippen molar-refractivity contribution in [1.29, 1.82) is 0 Å². The molecule has 0 bridgehead atoms. The summed E-state index contributed by atoms with van der Waals surface area (Å²) < 4.78 is 7.46. The minimum Gasteiger partial charge on any atom is -0.409 e. The van der Waals surface area contributed by atoms with Gasteiger partial charge >= 0.3 is 0 Å². The standard InChI is InChI=1S/C12H19IOSi/c1-12(2,14-15(3,4)5)10-7-6-8-11(13)9-10/h6-9H,1-5H3. The fourth-order valence-corrected chi connectivity index (χ4v) is 3.88. The predicted molar refractivity (Wildman–Crippen MR) is 76.6 cm³/mol. The molecular formula is C12H19IOSi. The molecule has 0 aliphatic heterocycles. The fraction of sp³-hybridized carbons (Fsp3) is 0.500. The van der Waals surface area contributed by atoms with E-state index in [1.807, 2.05) is 0 Å². The Balaban J connectivity index is 2.95. The van der Waals surface area contributed by atoms with Gasteiger partial charge in [0.05, 0.1) is 5.60 Å². The molecular weight excluding hydrogens is 315 g/mol. The highest BCUT2D eigenvalue weighted by Gasteiger charge is 2.28. The topological polar surface area (TPSA) is 9.23 Å². The summed E-state index contributed by atoms with van der Waals surface area (Å²) in [6, 6.07) is 8.53. The number of hydrogen-bond donors (Lipinski definition) is 0. The lowest BCUT2D eigenvalue weighted by molar-refractivity contribution is 0.0999. The molecule has 3 heteroatoms. The zero-order valence-electron chi connectivity index (χ0n) is 10.1. The second-order valence-electron chi connectivity index (χ2n) is 5.24. The van der Waals surface area contributed by atoms with Gasteiger partial charge in [-0.1, -0.05) is 12.1 Å². The monoisotopic (exact) mass is 334 g/mol. The average molecular weight is 334 g/mol. The number of benzene rings is 1. The highest BCUT2D eigenvalue weighted by atomic mass is 127. The Labute approximate surface area is 108 Å². The molecule has 1 nitrogen and oxygen atoms in total. The quantitative estimate of drug-likeness (QED) is 0.589. The third-order valence-corrected chi connectivity index (χ3v) is 3.87. The summed E-state index contributed by atoms with van der Waals surface area (Å²) in [6.45, 7) is 11.0. The van der Waals surface area contributed by atoms with Crippen LogP contribution in [0.5, 0.6) is 0 Å². The summed E-state index contributed by atoms with van der Waals surface area (Å²) in [5.74, 6) is 0. The number of rotatable bonds is 3. The summed E-state index contributed by atoms with van der Waals surface area (Å²) in [5.41, 5.74) is 1.09. The maximum absolute atomic E-state index is 6.20. The van der Waals surface area contributed by atoms with Crippen LogP contribution in [-0.4, -0.2) is 8.32 Å². The molecule has 0 spiro atoms. The van der Waals surface area contributed by atoms with Crippen molar-refractivity contribution in [2.24, 2.45) is 0 Å². The lowest BCUT2D eigenvalue weighted by atomic mass is 9.99.